The van der Waals surface area contributed by atoms with Crippen LogP contribution in [-0.2, 0) is 16.1 Å². The molecule has 10 nitrogen and oxygen atoms in total. The molecule has 41 heavy (non-hydrogen) atoms. The first-order valence-electron chi connectivity index (χ1n) is 13.2. The number of nitrogens with zero attached hydrogens (tertiary/aromatic N) is 6. The van der Waals surface area contributed by atoms with Crippen LogP contribution in [0.5, 0.6) is 0 Å². The summed E-state index contributed by atoms with van der Waals surface area (Å²) >= 11 is 0. The number of hydrogen-bond acceptors (Lipinski definition) is 7. The highest BCUT2D eigenvalue weighted by Gasteiger charge is 2.41. The van der Waals surface area contributed by atoms with Gasteiger partial charge in [-0.2, -0.15) is 18.3 Å². The summed E-state index contributed by atoms with van der Waals surface area (Å²) in [6, 6.07) is 3.65. The standard InChI is InChI=1S/C27H29F4N7O3/c1-15(39)25-21-7-17(18-9-32-16(2)33-10-18)3-4-22(21)38(35-25)13-24(40)37-11-19(28)8-23(37)26(41)34-20-5-6-36(12-20)14-27(29,30)31/h3-4,7,9-10,19-20,23H,5-6,8,11-14H2,1-2H3,(H,34,41)/t19-,20?,23+/m1/s1. The zero-order chi connectivity index (χ0) is 29.5. The number of amides is 2. The largest absolute Gasteiger partial charge is 0.401 e. The minimum atomic E-state index is -4.34. The maximum absolute atomic E-state index is 14.5. The summed E-state index contributed by atoms with van der Waals surface area (Å²) in [7, 11) is 0. The molecule has 1 N–H and O–H groups in total. The summed E-state index contributed by atoms with van der Waals surface area (Å²) in [5, 5.41) is 7.57. The normalized spacial score (nSPS) is 21.5. The van der Waals surface area contributed by atoms with Crippen LogP contribution in [0.15, 0.2) is 30.6 Å². The molecule has 2 aromatic heterocycles. The maximum Gasteiger partial charge on any atom is 0.401 e. The van der Waals surface area contributed by atoms with Crippen molar-refractivity contribution in [3.05, 3.63) is 42.1 Å². The molecular formula is C27H29F4N7O3. The topological polar surface area (TPSA) is 113 Å². The molecular weight excluding hydrogens is 546 g/mol. The van der Waals surface area contributed by atoms with Crippen molar-refractivity contribution in [2.45, 2.75) is 57.7 Å². The van der Waals surface area contributed by atoms with Crippen molar-refractivity contribution < 1.29 is 31.9 Å². The second-order valence-electron chi connectivity index (χ2n) is 10.6. The van der Waals surface area contributed by atoms with Crippen molar-refractivity contribution in [3.63, 3.8) is 0 Å². The molecule has 0 saturated carbocycles. The van der Waals surface area contributed by atoms with Crippen LogP contribution in [0.25, 0.3) is 22.0 Å². The van der Waals surface area contributed by atoms with E-state index in [2.05, 4.69) is 20.4 Å². The van der Waals surface area contributed by atoms with Crippen molar-refractivity contribution in [1.82, 2.24) is 34.9 Å². The smallest absolute Gasteiger partial charge is 0.350 e. The molecule has 3 atom stereocenters. The van der Waals surface area contributed by atoms with Gasteiger partial charge in [0.05, 0.1) is 18.6 Å². The van der Waals surface area contributed by atoms with Gasteiger partial charge in [0.15, 0.2) is 5.78 Å². The van der Waals surface area contributed by atoms with Crippen molar-refractivity contribution in [3.8, 4) is 11.1 Å². The first-order valence-corrected chi connectivity index (χ1v) is 13.2. The second kappa shape index (κ2) is 11.1. The molecule has 4 heterocycles. The Balaban J connectivity index is 1.32. The predicted octanol–water partition coefficient (Wildman–Crippen LogP) is 2.70. The van der Waals surface area contributed by atoms with Crippen LogP contribution in [0.2, 0.25) is 0 Å². The molecule has 2 amide bonds. The van der Waals surface area contributed by atoms with Crippen molar-refractivity contribution in [2.75, 3.05) is 26.2 Å². The number of carbonyl (C=O) groups excluding carboxylic acids is 3. The number of hydrogen-bond donors (Lipinski definition) is 1. The number of aromatic nitrogens is 4. The highest BCUT2D eigenvalue weighted by Crippen LogP contribution is 2.28. The first kappa shape index (κ1) is 28.6. The van der Waals surface area contributed by atoms with E-state index in [0.717, 1.165) is 16.0 Å². The van der Waals surface area contributed by atoms with E-state index in [9.17, 15) is 31.9 Å². The van der Waals surface area contributed by atoms with Crippen molar-refractivity contribution in [1.29, 1.82) is 0 Å². The summed E-state index contributed by atoms with van der Waals surface area (Å²) in [5.74, 6) is -0.860. The molecule has 0 radical (unpaired) electrons. The Morgan fingerprint density at radius 1 is 1.10 bits per heavy atom. The molecule has 1 unspecified atom stereocenters. The van der Waals surface area contributed by atoms with E-state index in [1.165, 1.54) is 16.5 Å². The van der Waals surface area contributed by atoms with Gasteiger partial charge in [-0.1, -0.05) is 6.07 Å². The minimum Gasteiger partial charge on any atom is -0.350 e. The van der Waals surface area contributed by atoms with Gasteiger partial charge in [-0.25, -0.2) is 14.4 Å². The van der Waals surface area contributed by atoms with E-state index < -0.39 is 42.8 Å². The molecule has 2 aliphatic rings. The fourth-order valence-electron chi connectivity index (χ4n) is 5.45. The van der Waals surface area contributed by atoms with Gasteiger partial charge in [-0.3, -0.25) is 24.0 Å². The number of fused-ring (bicyclic) bond motifs is 1. The van der Waals surface area contributed by atoms with Gasteiger partial charge in [0, 0.05) is 55.8 Å². The zero-order valence-corrected chi connectivity index (χ0v) is 22.5. The Bertz CT molecular complexity index is 1470. The SMILES string of the molecule is CC(=O)c1nn(CC(=O)N2C[C@H](F)C[C@H]2C(=O)NC2CCN(CC(F)(F)F)C2)c2ccc(-c3cnc(C)nc3)cc12. The lowest BCUT2D eigenvalue weighted by atomic mass is 10.0. The lowest BCUT2D eigenvalue weighted by Crippen LogP contribution is -2.50. The van der Waals surface area contributed by atoms with Gasteiger partial charge in [0.25, 0.3) is 0 Å². The number of likely N-dealkylation sites (tertiary alicyclic amines) is 2. The average Bonchev–Trinajstić information content (AvgIpc) is 3.60. The second-order valence-corrected chi connectivity index (χ2v) is 10.6. The summed E-state index contributed by atoms with van der Waals surface area (Å²) in [6.45, 7) is 1.63. The number of alkyl halides is 4. The molecule has 0 aliphatic carbocycles. The highest BCUT2D eigenvalue weighted by molar-refractivity contribution is 6.06. The number of halogens is 4. The Hall–Kier alpha value is -3.94. The fraction of sp³-hybridized carbons (Fsp3) is 0.481. The van der Waals surface area contributed by atoms with E-state index in [0.29, 0.717) is 23.1 Å². The van der Waals surface area contributed by atoms with E-state index in [4.69, 9.17) is 0 Å². The summed E-state index contributed by atoms with van der Waals surface area (Å²) in [5.41, 5.74) is 2.15. The van der Waals surface area contributed by atoms with Gasteiger partial charge in [0.1, 0.15) is 30.3 Å². The Labute approximate surface area is 232 Å². The summed E-state index contributed by atoms with van der Waals surface area (Å²) < 4.78 is 54.0. The quantitative estimate of drug-likeness (QED) is 0.341. The molecule has 14 heteroatoms. The van der Waals surface area contributed by atoms with Crippen LogP contribution in [0, 0.1) is 6.92 Å². The number of ketones is 1. The number of benzene rings is 1. The first-order chi connectivity index (χ1) is 19.4. The summed E-state index contributed by atoms with van der Waals surface area (Å²) in [6.07, 6.45) is -2.33. The molecule has 5 rings (SSSR count). The number of aryl methyl sites for hydroxylation is 1. The van der Waals surface area contributed by atoms with Crippen LogP contribution in [0.3, 0.4) is 0 Å². The molecule has 0 spiro atoms. The van der Waals surface area contributed by atoms with E-state index in [1.807, 2.05) is 0 Å². The van der Waals surface area contributed by atoms with Crippen LogP contribution in [-0.4, -0.2) is 97.8 Å². The lowest BCUT2D eigenvalue weighted by Gasteiger charge is -2.25. The van der Waals surface area contributed by atoms with Gasteiger partial charge in [-0.15, -0.1) is 0 Å². The fourth-order valence-corrected chi connectivity index (χ4v) is 5.45. The van der Waals surface area contributed by atoms with E-state index >= 15 is 0 Å². The number of nitrogens with one attached hydrogen (secondary N) is 1. The zero-order valence-electron chi connectivity index (χ0n) is 22.5. The lowest BCUT2D eigenvalue weighted by molar-refractivity contribution is -0.144. The van der Waals surface area contributed by atoms with Crippen LogP contribution in [0.1, 0.15) is 36.1 Å². The molecule has 218 valence electrons. The monoisotopic (exact) mass is 575 g/mol. The number of carbonyl (C=O) groups is 3. The average molecular weight is 576 g/mol. The van der Waals surface area contributed by atoms with Gasteiger partial charge < -0.3 is 10.2 Å². The number of rotatable bonds is 7. The third-order valence-corrected chi connectivity index (χ3v) is 7.38. The third kappa shape index (κ3) is 6.37. The van der Waals surface area contributed by atoms with Crippen LogP contribution >= 0.6 is 0 Å². The predicted molar refractivity (Wildman–Crippen MR) is 140 cm³/mol. The highest BCUT2D eigenvalue weighted by atomic mass is 19.4. The number of Topliss-reactive ketones (excluding diaryl/α,β-unsaturated/α-hetero) is 1. The van der Waals surface area contributed by atoms with Gasteiger partial charge >= 0.3 is 6.18 Å². The van der Waals surface area contributed by atoms with E-state index in [1.54, 1.807) is 37.5 Å². The van der Waals surface area contributed by atoms with Crippen molar-refractivity contribution in [2.24, 2.45) is 0 Å². The summed E-state index contributed by atoms with van der Waals surface area (Å²) in [4.78, 5) is 49.5. The molecule has 2 fully saturated rings. The van der Waals surface area contributed by atoms with Gasteiger partial charge in [0.2, 0.25) is 11.8 Å². The molecule has 2 saturated heterocycles. The molecule has 0 bridgehead atoms. The Kier molecular flexibility index (Phi) is 7.77. The maximum atomic E-state index is 14.5. The van der Waals surface area contributed by atoms with Crippen LogP contribution in [0.4, 0.5) is 17.6 Å². The Morgan fingerprint density at radius 3 is 2.51 bits per heavy atom. The Morgan fingerprint density at radius 2 is 1.83 bits per heavy atom. The van der Waals surface area contributed by atoms with Crippen molar-refractivity contribution >= 4 is 28.5 Å². The molecule has 2 aliphatic heterocycles. The molecule has 1 aromatic carbocycles. The van der Waals surface area contributed by atoms with Gasteiger partial charge in [-0.05, 0) is 31.0 Å². The molecule has 3 aromatic rings. The van der Waals surface area contributed by atoms with Crippen LogP contribution < -0.4 is 5.32 Å². The van der Waals surface area contributed by atoms with E-state index in [-0.39, 0.29) is 44.1 Å². The third-order valence-electron chi connectivity index (χ3n) is 7.38. The minimum absolute atomic E-state index is 0.0226.